The summed E-state index contributed by atoms with van der Waals surface area (Å²) in [4.78, 5) is 21.1. The molecule has 1 amide bonds. The zero-order chi connectivity index (χ0) is 18.4. The number of aromatic nitrogens is 1. The second-order valence-corrected chi connectivity index (χ2v) is 7.03. The maximum Gasteiger partial charge on any atom is 0.255 e. The number of piperidine rings is 1. The third kappa shape index (κ3) is 4.43. The first-order valence-electron chi connectivity index (χ1n) is 9.74. The fourth-order valence-electron chi connectivity index (χ4n) is 3.75. The maximum atomic E-state index is 12.6. The molecule has 2 aromatic rings. The highest BCUT2D eigenvalue weighted by Gasteiger charge is 2.21. The Hall–Kier alpha value is -2.36. The molecule has 0 aliphatic carbocycles. The van der Waals surface area contributed by atoms with Crippen molar-refractivity contribution < 1.29 is 4.79 Å². The van der Waals surface area contributed by atoms with Crippen LogP contribution in [0.15, 0.2) is 48.8 Å². The fraction of sp³-hybridized carbons (Fsp3) is 0.455. The van der Waals surface area contributed by atoms with Crippen molar-refractivity contribution in [2.45, 2.75) is 33.1 Å². The molecule has 1 fully saturated rings. The first kappa shape index (κ1) is 18.4. The van der Waals surface area contributed by atoms with Crippen molar-refractivity contribution in [2.75, 3.05) is 31.1 Å². The van der Waals surface area contributed by atoms with Gasteiger partial charge in [0.1, 0.15) is 0 Å². The molecule has 0 radical (unpaired) electrons. The van der Waals surface area contributed by atoms with Gasteiger partial charge in [0.15, 0.2) is 0 Å². The standard InChI is InChI=1S/C22H29N3O/c1-3-24(4-2)22(26)20-15-21(17-23-16-20)25-12-10-19(11-13-25)14-18-8-6-5-7-9-18/h5-9,15-17,19H,3-4,10-14H2,1-2H3. The largest absolute Gasteiger partial charge is 0.370 e. The summed E-state index contributed by atoms with van der Waals surface area (Å²) in [5.41, 5.74) is 3.19. The molecule has 1 aromatic heterocycles. The molecule has 0 unspecified atom stereocenters. The Balaban J connectivity index is 1.61. The van der Waals surface area contributed by atoms with Gasteiger partial charge in [-0.25, -0.2) is 0 Å². The lowest BCUT2D eigenvalue weighted by molar-refractivity contribution is 0.0772. The second kappa shape index (κ2) is 8.84. The minimum Gasteiger partial charge on any atom is -0.370 e. The number of amides is 1. The lowest BCUT2D eigenvalue weighted by Crippen LogP contribution is -2.35. The number of anilines is 1. The molecule has 1 aromatic carbocycles. The lowest BCUT2D eigenvalue weighted by atomic mass is 9.90. The van der Waals surface area contributed by atoms with E-state index < -0.39 is 0 Å². The summed E-state index contributed by atoms with van der Waals surface area (Å²) in [6, 6.07) is 12.8. The molecule has 3 rings (SSSR count). The quantitative estimate of drug-likeness (QED) is 0.788. The molecular formula is C22H29N3O. The zero-order valence-electron chi connectivity index (χ0n) is 15.9. The van der Waals surface area contributed by atoms with E-state index in [-0.39, 0.29) is 5.91 Å². The topological polar surface area (TPSA) is 36.4 Å². The van der Waals surface area contributed by atoms with Crippen molar-refractivity contribution in [1.82, 2.24) is 9.88 Å². The molecular weight excluding hydrogens is 322 g/mol. The Morgan fingerprint density at radius 1 is 1.12 bits per heavy atom. The Labute approximate surface area is 156 Å². The number of carbonyl (C=O) groups excluding carboxylic acids is 1. The molecule has 0 saturated carbocycles. The minimum absolute atomic E-state index is 0.0725. The van der Waals surface area contributed by atoms with Crippen LogP contribution in [0.4, 0.5) is 5.69 Å². The van der Waals surface area contributed by atoms with Gasteiger partial charge in [-0.3, -0.25) is 9.78 Å². The summed E-state index contributed by atoms with van der Waals surface area (Å²) in [6.45, 7) is 7.53. The van der Waals surface area contributed by atoms with Gasteiger partial charge in [-0.2, -0.15) is 0 Å². The van der Waals surface area contributed by atoms with Crippen molar-refractivity contribution in [3.8, 4) is 0 Å². The van der Waals surface area contributed by atoms with Gasteiger partial charge < -0.3 is 9.80 Å². The van der Waals surface area contributed by atoms with Gasteiger partial charge in [-0.15, -0.1) is 0 Å². The van der Waals surface area contributed by atoms with Crippen molar-refractivity contribution in [2.24, 2.45) is 5.92 Å². The van der Waals surface area contributed by atoms with Crippen LogP contribution >= 0.6 is 0 Å². The van der Waals surface area contributed by atoms with E-state index in [0.717, 1.165) is 44.2 Å². The number of hydrogen-bond donors (Lipinski definition) is 0. The summed E-state index contributed by atoms with van der Waals surface area (Å²) in [5, 5.41) is 0. The first-order chi connectivity index (χ1) is 12.7. The number of pyridine rings is 1. The summed E-state index contributed by atoms with van der Waals surface area (Å²) in [5.74, 6) is 0.811. The molecule has 138 valence electrons. The molecule has 1 aliphatic heterocycles. The van der Waals surface area contributed by atoms with Crippen LogP contribution in [-0.4, -0.2) is 42.0 Å². The van der Waals surface area contributed by atoms with Gasteiger partial charge in [0.2, 0.25) is 0 Å². The van der Waals surface area contributed by atoms with Crippen LogP contribution in [0.25, 0.3) is 0 Å². The molecule has 1 saturated heterocycles. The minimum atomic E-state index is 0.0725. The number of rotatable bonds is 6. The van der Waals surface area contributed by atoms with Crippen LogP contribution in [0.2, 0.25) is 0 Å². The van der Waals surface area contributed by atoms with E-state index in [2.05, 4.69) is 40.2 Å². The van der Waals surface area contributed by atoms with Gasteiger partial charge in [-0.05, 0) is 50.7 Å². The lowest BCUT2D eigenvalue weighted by Gasteiger charge is -2.33. The van der Waals surface area contributed by atoms with Gasteiger partial charge in [0.05, 0.1) is 17.4 Å². The van der Waals surface area contributed by atoms with Crippen LogP contribution in [0.3, 0.4) is 0 Å². The molecule has 1 aliphatic rings. The van der Waals surface area contributed by atoms with Gasteiger partial charge in [0.25, 0.3) is 5.91 Å². The summed E-state index contributed by atoms with van der Waals surface area (Å²) in [7, 11) is 0. The van der Waals surface area contributed by atoms with E-state index in [1.807, 2.05) is 31.0 Å². The average molecular weight is 351 g/mol. The molecule has 26 heavy (non-hydrogen) atoms. The monoisotopic (exact) mass is 351 g/mol. The third-order valence-electron chi connectivity index (χ3n) is 5.37. The van der Waals surface area contributed by atoms with E-state index in [9.17, 15) is 4.79 Å². The smallest absolute Gasteiger partial charge is 0.255 e. The van der Waals surface area contributed by atoms with Crippen LogP contribution in [0, 0.1) is 5.92 Å². The summed E-state index contributed by atoms with van der Waals surface area (Å²) < 4.78 is 0. The first-order valence-corrected chi connectivity index (χ1v) is 9.74. The Bertz CT molecular complexity index is 704. The third-order valence-corrected chi connectivity index (χ3v) is 5.37. The predicted octanol–water partition coefficient (Wildman–Crippen LogP) is 4.02. The number of hydrogen-bond acceptors (Lipinski definition) is 3. The van der Waals surface area contributed by atoms with E-state index in [0.29, 0.717) is 5.56 Å². The fourth-order valence-corrected chi connectivity index (χ4v) is 3.75. The molecule has 4 heteroatoms. The van der Waals surface area contributed by atoms with Crippen molar-refractivity contribution in [3.05, 3.63) is 59.9 Å². The average Bonchev–Trinajstić information content (AvgIpc) is 2.70. The van der Waals surface area contributed by atoms with E-state index >= 15 is 0 Å². The van der Waals surface area contributed by atoms with Crippen molar-refractivity contribution >= 4 is 11.6 Å². The van der Waals surface area contributed by atoms with Crippen molar-refractivity contribution in [1.29, 1.82) is 0 Å². The zero-order valence-corrected chi connectivity index (χ0v) is 15.9. The van der Waals surface area contributed by atoms with Gasteiger partial charge >= 0.3 is 0 Å². The Morgan fingerprint density at radius 3 is 2.46 bits per heavy atom. The number of nitrogens with zero attached hydrogens (tertiary/aromatic N) is 3. The second-order valence-electron chi connectivity index (χ2n) is 7.03. The van der Waals surface area contributed by atoms with Crippen molar-refractivity contribution in [3.63, 3.8) is 0 Å². The normalized spacial score (nSPS) is 15.1. The van der Waals surface area contributed by atoms with Crippen LogP contribution in [0.1, 0.15) is 42.6 Å². The summed E-state index contributed by atoms with van der Waals surface area (Å²) in [6.07, 6.45) is 7.10. The molecule has 0 spiro atoms. The van der Waals surface area contributed by atoms with E-state index in [1.54, 1.807) is 6.20 Å². The van der Waals surface area contributed by atoms with Crippen LogP contribution in [0.5, 0.6) is 0 Å². The molecule has 0 N–H and O–H groups in total. The molecule has 2 heterocycles. The Kier molecular flexibility index (Phi) is 6.26. The van der Waals surface area contributed by atoms with Crippen LogP contribution < -0.4 is 4.90 Å². The summed E-state index contributed by atoms with van der Waals surface area (Å²) >= 11 is 0. The molecule has 4 nitrogen and oxygen atoms in total. The number of benzene rings is 1. The number of carbonyl (C=O) groups is 1. The highest BCUT2D eigenvalue weighted by atomic mass is 16.2. The van der Waals surface area contributed by atoms with Gasteiger partial charge in [-0.1, -0.05) is 30.3 Å². The predicted molar refractivity (Wildman–Crippen MR) is 107 cm³/mol. The maximum absolute atomic E-state index is 12.6. The van der Waals surface area contributed by atoms with E-state index in [4.69, 9.17) is 0 Å². The highest BCUT2D eigenvalue weighted by Crippen LogP contribution is 2.26. The molecule has 0 bridgehead atoms. The SMILES string of the molecule is CCN(CC)C(=O)c1cncc(N2CCC(Cc3ccccc3)CC2)c1. The molecule has 0 atom stereocenters. The Morgan fingerprint density at radius 2 is 1.81 bits per heavy atom. The van der Waals surface area contributed by atoms with Gasteiger partial charge in [0, 0.05) is 32.4 Å². The van der Waals surface area contributed by atoms with E-state index in [1.165, 1.54) is 18.4 Å². The highest BCUT2D eigenvalue weighted by molar-refractivity contribution is 5.94. The van der Waals surface area contributed by atoms with Crippen LogP contribution in [-0.2, 0) is 6.42 Å².